The minimum absolute atomic E-state index is 0.0630. The first kappa shape index (κ1) is 19.2. The third-order valence-electron chi connectivity index (χ3n) is 5.87. The molecular formula is C21H33FN4. The molecule has 2 aliphatic rings. The van der Waals surface area contributed by atoms with Crippen molar-refractivity contribution >= 4 is 5.96 Å². The number of aliphatic imine (C=N–C) groups is 1. The number of piperidine rings is 1. The Hall–Kier alpha value is -1.62. The molecule has 1 saturated carbocycles. The number of rotatable bonds is 7. The van der Waals surface area contributed by atoms with E-state index in [1.807, 2.05) is 19.2 Å². The summed E-state index contributed by atoms with van der Waals surface area (Å²) < 4.78 is 14.2. The van der Waals surface area contributed by atoms with E-state index >= 15 is 0 Å². The average molecular weight is 361 g/mol. The van der Waals surface area contributed by atoms with Crippen molar-refractivity contribution in [1.82, 2.24) is 15.5 Å². The molecule has 1 aromatic rings. The smallest absolute Gasteiger partial charge is 0.191 e. The van der Waals surface area contributed by atoms with Crippen molar-refractivity contribution in [3.63, 3.8) is 0 Å². The Morgan fingerprint density at radius 1 is 1.27 bits per heavy atom. The van der Waals surface area contributed by atoms with E-state index in [1.165, 1.54) is 19.4 Å². The summed E-state index contributed by atoms with van der Waals surface area (Å²) in [6.07, 6.45) is 6.94. The molecule has 1 saturated heterocycles. The zero-order valence-corrected chi connectivity index (χ0v) is 16.2. The van der Waals surface area contributed by atoms with E-state index in [4.69, 9.17) is 0 Å². The van der Waals surface area contributed by atoms with Gasteiger partial charge in [-0.1, -0.05) is 31.5 Å². The summed E-state index contributed by atoms with van der Waals surface area (Å²) in [4.78, 5) is 6.95. The molecule has 4 nitrogen and oxygen atoms in total. The van der Waals surface area contributed by atoms with Crippen LogP contribution in [0, 0.1) is 5.82 Å². The highest BCUT2D eigenvalue weighted by Gasteiger charge is 2.45. The van der Waals surface area contributed by atoms with Crippen molar-refractivity contribution < 1.29 is 4.39 Å². The second-order valence-corrected chi connectivity index (χ2v) is 7.80. The second-order valence-electron chi connectivity index (χ2n) is 7.80. The maximum atomic E-state index is 14.2. The first-order chi connectivity index (χ1) is 12.7. The van der Waals surface area contributed by atoms with Gasteiger partial charge in [-0.25, -0.2) is 4.39 Å². The quantitative estimate of drug-likeness (QED) is 0.579. The normalized spacial score (nSPS) is 20.8. The molecule has 1 aliphatic carbocycles. The van der Waals surface area contributed by atoms with Crippen LogP contribution >= 0.6 is 0 Å². The van der Waals surface area contributed by atoms with Crippen LogP contribution in [-0.2, 0) is 5.41 Å². The number of guanidine groups is 1. The molecule has 2 fully saturated rings. The highest BCUT2D eigenvalue weighted by atomic mass is 19.1. The SMILES string of the molecule is CCCCN1CCC(NC(=NC)NCC2(c3ccccc3F)CC2)CC1. The van der Waals surface area contributed by atoms with Crippen LogP contribution in [0.4, 0.5) is 4.39 Å². The van der Waals surface area contributed by atoms with Gasteiger partial charge in [-0.3, -0.25) is 4.99 Å². The van der Waals surface area contributed by atoms with Gasteiger partial charge in [-0.05, 0) is 50.3 Å². The monoisotopic (exact) mass is 360 g/mol. The van der Waals surface area contributed by atoms with Crippen LogP contribution in [0.25, 0.3) is 0 Å². The Labute approximate surface area is 157 Å². The highest BCUT2D eigenvalue weighted by Crippen LogP contribution is 2.48. The van der Waals surface area contributed by atoms with Gasteiger partial charge in [0.2, 0.25) is 0 Å². The van der Waals surface area contributed by atoms with E-state index < -0.39 is 0 Å². The molecular weight excluding hydrogens is 327 g/mol. The molecule has 0 aromatic heterocycles. The third-order valence-corrected chi connectivity index (χ3v) is 5.87. The number of benzene rings is 1. The largest absolute Gasteiger partial charge is 0.356 e. The standard InChI is InChI=1S/C21H33FN4/c1-3-4-13-26-14-9-17(10-15-26)25-20(23-2)24-16-21(11-12-21)18-7-5-6-8-19(18)22/h5-8,17H,3-4,9-16H2,1-2H3,(H2,23,24,25). The van der Waals surface area contributed by atoms with E-state index in [9.17, 15) is 4.39 Å². The van der Waals surface area contributed by atoms with Crippen LogP contribution in [0.1, 0.15) is 51.0 Å². The first-order valence-corrected chi connectivity index (χ1v) is 10.1. The lowest BCUT2D eigenvalue weighted by Gasteiger charge is -2.33. The van der Waals surface area contributed by atoms with Crippen LogP contribution in [0.5, 0.6) is 0 Å². The molecule has 26 heavy (non-hydrogen) atoms. The van der Waals surface area contributed by atoms with Crippen LogP contribution in [0.3, 0.4) is 0 Å². The average Bonchev–Trinajstić information content (AvgIpc) is 3.45. The molecule has 1 heterocycles. The van der Waals surface area contributed by atoms with Gasteiger partial charge >= 0.3 is 0 Å². The van der Waals surface area contributed by atoms with Crippen LogP contribution in [-0.4, -0.2) is 50.1 Å². The maximum absolute atomic E-state index is 14.2. The molecule has 0 spiro atoms. The summed E-state index contributed by atoms with van der Waals surface area (Å²) in [7, 11) is 1.81. The second kappa shape index (κ2) is 8.85. The van der Waals surface area contributed by atoms with E-state index in [1.54, 1.807) is 12.1 Å². The maximum Gasteiger partial charge on any atom is 0.191 e. The van der Waals surface area contributed by atoms with Crippen molar-refractivity contribution in [2.24, 2.45) is 4.99 Å². The summed E-state index contributed by atoms with van der Waals surface area (Å²) in [5, 5.41) is 7.02. The van der Waals surface area contributed by atoms with E-state index in [-0.39, 0.29) is 11.2 Å². The lowest BCUT2D eigenvalue weighted by atomic mass is 9.95. The van der Waals surface area contributed by atoms with Gasteiger partial charge in [0, 0.05) is 38.1 Å². The van der Waals surface area contributed by atoms with E-state index in [0.29, 0.717) is 6.04 Å². The fourth-order valence-corrected chi connectivity index (χ4v) is 3.91. The van der Waals surface area contributed by atoms with Crippen molar-refractivity contribution in [2.45, 2.75) is 56.9 Å². The number of unbranched alkanes of at least 4 members (excludes halogenated alkanes) is 1. The minimum atomic E-state index is -0.0887. The van der Waals surface area contributed by atoms with Crippen molar-refractivity contribution in [3.8, 4) is 0 Å². The summed E-state index contributed by atoms with van der Waals surface area (Å²) in [6, 6.07) is 7.65. The molecule has 0 atom stereocenters. The fourth-order valence-electron chi connectivity index (χ4n) is 3.91. The van der Waals surface area contributed by atoms with Crippen LogP contribution < -0.4 is 10.6 Å². The van der Waals surface area contributed by atoms with Crippen LogP contribution in [0.2, 0.25) is 0 Å². The number of likely N-dealkylation sites (tertiary alicyclic amines) is 1. The molecule has 144 valence electrons. The Kier molecular flexibility index (Phi) is 6.52. The molecule has 2 N–H and O–H groups in total. The Bertz CT molecular complexity index is 604. The van der Waals surface area contributed by atoms with Crippen molar-refractivity contribution in [2.75, 3.05) is 33.2 Å². The number of nitrogens with zero attached hydrogens (tertiary/aromatic N) is 2. The Morgan fingerprint density at radius 3 is 2.62 bits per heavy atom. The molecule has 3 rings (SSSR count). The molecule has 0 amide bonds. The minimum Gasteiger partial charge on any atom is -0.356 e. The van der Waals surface area contributed by atoms with Gasteiger partial charge in [-0.2, -0.15) is 0 Å². The van der Waals surface area contributed by atoms with E-state index in [0.717, 1.165) is 56.8 Å². The van der Waals surface area contributed by atoms with Gasteiger partial charge in [0.25, 0.3) is 0 Å². The summed E-state index contributed by atoms with van der Waals surface area (Å²) in [6.45, 7) is 6.53. The highest BCUT2D eigenvalue weighted by molar-refractivity contribution is 5.80. The number of nitrogens with one attached hydrogen (secondary N) is 2. The fraction of sp³-hybridized carbons (Fsp3) is 0.667. The summed E-state index contributed by atoms with van der Waals surface area (Å²) >= 11 is 0. The van der Waals surface area contributed by atoms with Gasteiger partial charge in [0.1, 0.15) is 5.82 Å². The molecule has 0 unspecified atom stereocenters. The first-order valence-electron chi connectivity index (χ1n) is 10.1. The molecule has 0 radical (unpaired) electrons. The topological polar surface area (TPSA) is 39.7 Å². The number of hydrogen-bond donors (Lipinski definition) is 2. The Morgan fingerprint density at radius 2 is 2.00 bits per heavy atom. The zero-order chi connectivity index (χ0) is 18.4. The molecule has 5 heteroatoms. The molecule has 1 aromatic carbocycles. The van der Waals surface area contributed by atoms with Gasteiger partial charge in [0.15, 0.2) is 5.96 Å². The summed E-state index contributed by atoms with van der Waals surface area (Å²) in [5.41, 5.74) is 0.777. The number of halogens is 1. The Balaban J connectivity index is 1.47. The van der Waals surface area contributed by atoms with Gasteiger partial charge in [-0.15, -0.1) is 0 Å². The molecule has 1 aliphatic heterocycles. The molecule has 0 bridgehead atoms. The lowest BCUT2D eigenvalue weighted by Crippen LogP contribution is -2.50. The van der Waals surface area contributed by atoms with Crippen LogP contribution in [0.15, 0.2) is 29.3 Å². The zero-order valence-electron chi connectivity index (χ0n) is 16.2. The lowest BCUT2D eigenvalue weighted by molar-refractivity contribution is 0.203. The van der Waals surface area contributed by atoms with Gasteiger partial charge < -0.3 is 15.5 Å². The van der Waals surface area contributed by atoms with Crippen molar-refractivity contribution in [3.05, 3.63) is 35.6 Å². The van der Waals surface area contributed by atoms with E-state index in [2.05, 4.69) is 27.4 Å². The predicted octanol–water partition coefficient (Wildman–Crippen LogP) is 3.29. The third kappa shape index (κ3) is 4.76. The number of hydrogen-bond acceptors (Lipinski definition) is 2. The predicted molar refractivity (Wildman–Crippen MR) is 106 cm³/mol. The summed E-state index contributed by atoms with van der Waals surface area (Å²) in [5.74, 6) is 0.758. The van der Waals surface area contributed by atoms with Gasteiger partial charge in [0.05, 0.1) is 0 Å². The van der Waals surface area contributed by atoms with Crippen molar-refractivity contribution in [1.29, 1.82) is 0 Å².